The lowest BCUT2D eigenvalue weighted by Crippen LogP contribution is -2.44. The molecule has 1 saturated heterocycles. The van der Waals surface area contributed by atoms with Crippen molar-refractivity contribution < 1.29 is 9.53 Å². The average Bonchev–Trinajstić information content (AvgIpc) is 2.64. The summed E-state index contributed by atoms with van der Waals surface area (Å²) in [5, 5.41) is 3.12. The van der Waals surface area contributed by atoms with E-state index in [1.54, 1.807) is 25.3 Å². The number of carbonyl (C=O) groups excluding carboxylic acids is 1. The fourth-order valence-electron chi connectivity index (χ4n) is 3.24. The molecule has 0 unspecified atom stereocenters. The van der Waals surface area contributed by atoms with Crippen LogP contribution < -0.4 is 15.8 Å². The number of nitrogens with two attached hydrogens (primary N) is 1. The molecule has 1 fully saturated rings. The van der Waals surface area contributed by atoms with E-state index in [0.29, 0.717) is 17.0 Å². The fourth-order valence-corrected chi connectivity index (χ4v) is 3.24. The van der Waals surface area contributed by atoms with Crippen molar-refractivity contribution in [3.63, 3.8) is 0 Å². The molecule has 0 bridgehead atoms. The van der Waals surface area contributed by atoms with Crippen LogP contribution in [0, 0.1) is 0 Å². The number of likely N-dealkylation sites (tertiary alicyclic amines) is 1. The zero-order chi connectivity index (χ0) is 17.6. The second kappa shape index (κ2) is 8.03. The smallest absolute Gasteiger partial charge is 0.255 e. The number of rotatable bonds is 5. The number of amides is 1. The van der Waals surface area contributed by atoms with Gasteiger partial charge in [-0.05, 0) is 36.6 Å². The standard InChI is InChI=1S/C20H25N3O2/c1-25-19-8-7-16(21)13-18(19)20(24)22-17-9-11-23(12-10-17)14-15-5-3-2-4-6-15/h2-8,13,17H,9-12,14,21H2,1H3,(H,22,24). The first kappa shape index (κ1) is 17.3. The van der Waals surface area contributed by atoms with Gasteiger partial charge in [0.25, 0.3) is 5.91 Å². The SMILES string of the molecule is COc1ccc(N)cc1C(=O)NC1CCN(Cc2ccccc2)CC1. The number of nitrogen functional groups attached to an aromatic ring is 1. The summed E-state index contributed by atoms with van der Waals surface area (Å²) < 4.78 is 5.27. The summed E-state index contributed by atoms with van der Waals surface area (Å²) in [7, 11) is 1.56. The first-order valence-electron chi connectivity index (χ1n) is 8.66. The molecule has 2 aromatic rings. The average molecular weight is 339 g/mol. The number of methoxy groups -OCH3 is 1. The number of piperidine rings is 1. The van der Waals surface area contributed by atoms with Crippen molar-refractivity contribution in [3.8, 4) is 5.75 Å². The minimum atomic E-state index is -0.120. The van der Waals surface area contributed by atoms with Gasteiger partial charge in [-0.3, -0.25) is 9.69 Å². The number of benzene rings is 2. The molecule has 3 rings (SSSR count). The maximum absolute atomic E-state index is 12.6. The molecule has 1 amide bonds. The predicted octanol–water partition coefficient (Wildman–Crippen LogP) is 2.67. The first-order valence-corrected chi connectivity index (χ1v) is 8.66. The Bertz CT molecular complexity index is 710. The Balaban J connectivity index is 1.54. The molecule has 0 radical (unpaired) electrons. The molecule has 1 heterocycles. The second-order valence-corrected chi connectivity index (χ2v) is 6.47. The van der Waals surface area contributed by atoms with Crippen molar-refractivity contribution in [2.24, 2.45) is 0 Å². The van der Waals surface area contributed by atoms with Crippen molar-refractivity contribution >= 4 is 11.6 Å². The minimum absolute atomic E-state index is 0.120. The Kier molecular flexibility index (Phi) is 5.56. The van der Waals surface area contributed by atoms with Gasteiger partial charge in [-0.25, -0.2) is 0 Å². The molecular formula is C20H25N3O2. The summed E-state index contributed by atoms with van der Waals surface area (Å²) in [6, 6.07) is 15.8. The normalized spacial score (nSPS) is 15.7. The summed E-state index contributed by atoms with van der Waals surface area (Å²) in [5.74, 6) is 0.430. The van der Waals surface area contributed by atoms with E-state index in [2.05, 4.69) is 34.5 Å². The molecule has 0 aliphatic carbocycles. The Morgan fingerprint density at radius 1 is 1.20 bits per heavy atom. The molecule has 0 aromatic heterocycles. The third-order valence-electron chi connectivity index (χ3n) is 4.64. The van der Waals surface area contributed by atoms with Crippen LogP contribution in [-0.4, -0.2) is 37.0 Å². The molecule has 1 aliphatic rings. The maximum Gasteiger partial charge on any atom is 0.255 e. The summed E-state index contributed by atoms with van der Waals surface area (Å²) in [6.07, 6.45) is 1.90. The van der Waals surface area contributed by atoms with E-state index in [0.717, 1.165) is 32.5 Å². The van der Waals surface area contributed by atoms with Crippen LogP contribution in [0.25, 0.3) is 0 Å². The van der Waals surface area contributed by atoms with Gasteiger partial charge in [-0.1, -0.05) is 30.3 Å². The van der Waals surface area contributed by atoms with Crippen LogP contribution in [0.4, 0.5) is 5.69 Å². The van der Waals surface area contributed by atoms with Crippen molar-refractivity contribution in [2.75, 3.05) is 25.9 Å². The molecule has 0 atom stereocenters. The van der Waals surface area contributed by atoms with Gasteiger partial charge in [-0.15, -0.1) is 0 Å². The molecule has 5 nitrogen and oxygen atoms in total. The third kappa shape index (κ3) is 4.51. The number of carbonyl (C=O) groups is 1. The third-order valence-corrected chi connectivity index (χ3v) is 4.64. The lowest BCUT2D eigenvalue weighted by atomic mass is 10.0. The van der Waals surface area contributed by atoms with Crippen LogP contribution in [0.2, 0.25) is 0 Å². The molecule has 0 saturated carbocycles. The predicted molar refractivity (Wildman–Crippen MR) is 99.6 cm³/mol. The van der Waals surface area contributed by atoms with E-state index in [9.17, 15) is 4.79 Å². The molecule has 25 heavy (non-hydrogen) atoms. The van der Waals surface area contributed by atoms with Gasteiger partial charge < -0.3 is 15.8 Å². The summed E-state index contributed by atoms with van der Waals surface area (Å²) >= 11 is 0. The molecule has 0 spiro atoms. The second-order valence-electron chi connectivity index (χ2n) is 6.47. The van der Waals surface area contributed by atoms with Crippen molar-refractivity contribution in [2.45, 2.75) is 25.4 Å². The van der Waals surface area contributed by atoms with E-state index in [1.807, 2.05) is 6.07 Å². The lowest BCUT2D eigenvalue weighted by molar-refractivity contribution is 0.0906. The van der Waals surface area contributed by atoms with E-state index in [4.69, 9.17) is 10.5 Å². The first-order chi connectivity index (χ1) is 12.2. The van der Waals surface area contributed by atoms with Crippen molar-refractivity contribution in [1.29, 1.82) is 0 Å². The molecule has 1 aliphatic heterocycles. The highest BCUT2D eigenvalue weighted by Gasteiger charge is 2.22. The Hall–Kier alpha value is -2.53. The number of hydrogen-bond acceptors (Lipinski definition) is 4. The molecular weight excluding hydrogens is 314 g/mol. The van der Waals surface area contributed by atoms with Crippen LogP contribution in [0.1, 0.15) is 28.8 Å². The van der Waals surface area contributed by atoms with Crippen LogP contribution >= 0.6 is 0 Å². The highest BCUT2D eigenvalue weighted by atomic mass is 16.5. The zero-order valence-electron chi connectivity index (χ0n) is 14.6. The van der Waals surface area contributed by atoms with E-state index in [1.165, 1.54) is 5.56 Å². The Morgan fingerprint density at radius 3 is 2.60 bits per heavy atom. The fraction of sp³-hybridized carbons (Fsp3) is 0.350. The van der Waals surface area contributed by atoms with Crippen LogP contribution in [0.5, 0.6) is 5.75 Å². The highest BCUT2D eigenvalue weighted by Crippen LogP contribution is 2.22. The number of nitrogens with one attached hydrogen (secondary N) is 1. The zero-order valence-corrected chi connectivity index (χ0v) is 14.6. The monoisotopic (exact) mass is 339 g/mol. The van der Waals surface area contributed by atoms with Crippen LogP contribution in [0.3, 0.4) is 0 Å². The number of anilines is 1. The van der Waals surface area contributed by atoms with Gasteiger partial charge in [0.1, 0.15) is 5.75 Å². The number of hydrogen-bond donors (Lipinski definition) is 2. The molecule has 3 N–H and O–H groups in total. The Morgan fingerprint density at radius 2 is 1.92 bits per heavy atom. The molecule has 2 aromatic carbocycles. The maximum atomic E-state index is 12.6. The van der Waals surface area contributed by atoms with Crippen molar-refractivity contribution in [3.05, 3.63) is 59.7 Å². The minimum Gasteiger partial charge on any atom is -0.496 e. The highest BCUT2D eigenvalue weighted by molar-refractivity contribution is 5.98. The van der Waals surface area contributed by atoms with E-state index < -0.39 is 0 Å². The van der Waals surface area contributed by atoms with E-state index in [-0.39, 0.29) is 11.9 Å². The molecule has 5 heteroatoms. The van der Waals surface area contributed by atoms with E-state index >= 15 is 0 Å². The largest absolute Gasteiger partial charge is 0.496 e. The summed E-state index contributed by atoms with van der Waals surface area (Å²) in [4.78, 5) is 15.0. The summed E-state index contributed by atoms with van der Waals surface area (Å²) in [5.41, 5.74) is 8.18. The lowest BCUT2D eigenvalue weighted by Gasteiger charge is -2.32. The summed E-state index contributed by atoms with van der Waals surface area (Å²) in [6.45, 7) is 2.92. The van der Waals surface area contributed by atoms with Crippen LogP contribution in [-0.2, 0) is 6.54 Å². The van der Waals surface area contributed by atoms with Gasteiger partial charge in [-0.2, -0.15) is 0 Å². The molecule has 132 valence electrons. The van der Waals surface area contributed by atoms with Gasteiger partial charge >= 0.3 is 0 Å². The Labute approximate surface area is 148 Å². The van der Waals surface area contributed by atoms with Gasteiger partial charge in [0.2, 0.25) is 0 Å². The van der Waals surface area contributed by atoms with Gasteiger partial charge in [0.15, 0.2) is 0 Å². The topological polar surface area (TPSA) is 67.6 Å². The van der Waals surface area contributed by atoms with Gasteiger partial charge in [0.05, 0.1) is 12.7 Å². The van der Waals surface area contributed by atoms with Crippen molar-refractivity contribution in [1.82, 2.24) is 10.2 Å². The number of ether oxygens (including phenoxy) is 1. The quantitative estimate of drug-likeness (QED) is 0.822. The van der Waals surface area contributed by atoms with Crippen LogP contribution in [0.15, 0.2) is 48.5 Å². The number of nitrogens with zero attached hydrogens (tertiary/aromatic N) is 1. The van der Waals surface area contributed by atoms with Gasteiger partial charge in [0, 0.05) is 31.4 Å².